The third kappa shape index (κ3) is 3.67. The molecule has 3 aromatic rings. The molecule has 8 heteroatoms. The van der Waals surface area contributed by atoms with Crippen molar-refractivity contribution in [2.24, 2.45) is 0 Å². The number of nitriles is 1. The summed E-state index contributed by atoms with van der Waals surface area (Å²) < 4.78 is 0. The lowest BCUT2D eigenvalue weighted by atomic mass is 10.2. The van der Waals surface area contributed by atoms with Crippen LogP contribution in [0.4, 0.5) is 5.69 Å². The molecule has 0 spiro atoms. The lowest BCUT2D eigenvalue weighted by molar-refractivity contribution is -0.115. The van der Waals surface area contributed by atoms with Crippen LogP contribution in [0.2, 0.25) is 5.02 Å². The van der Waals surface area contributed by atoms with Crippen LogP contribution >= 0.6 is 23.4 Å². The first kappa shape index (κ1) is 16.3. The van der Waals surface area contributed by atoms with Crippen molar-refractivity contribution in [1.82, 2.24) is 15.0 Å². The van der Waals surface area contributed by atoms with Gasteiger partial charge in [-0.3, -0.25) is 4.79 Å². The highest BCUT2D eigenvalue weighted by molar-refractivity contribution is 8.00. The van der Waals surface area contributed by atoms with E-state index in [9.17, 15) is 4.79 Å². The number of amides is 1. The van der Waals surface area contributed by atoms with Gasteiger partial charge >= 0.3 is 0 Å². The second-order valence-electron chi connectivity index (χ2n) is 5.01. The number of pyridine rings is 1. The predicted octanol–water partition coefficient (Wildman–Crippen LogP) is 3.60. The lowest BCUT2D eigenvalue weighted by Crippen LogP contribution is -2.22. The van der Waals surface area contributed by atoms with Crippen molar-refractivity contribution in [3.8, 4) is 6.07 Å². The molecule has 1 aromatic carbocycles. The van der Waals surface area contributed by atoms with Gasteiger partial charge in [-0.15, -0.1) is 0 Å². The minimum atomic E-state index is -0.383. The molecule has 6 nitrogen and oxygen atoms in total. The summed E-state index contributed by atoms with van der Waals surface area (Å²) in [4.78, 5) is 23.8. The normalized spacial score (nSPS) is 11.9. The largest absolute Gasteiger partial charge is 0.331 e. The van der Waals surface area contributed by atoms with Crippen molar-refractivity contribution in [2.45, 2.75) is 17.3 Å². The first-order valence-corrected chi connectivity index (χ1v) is 8.30. The number of carbonyl (C=O) groups is 1. The number of carbonyl (C=O) groups excluding carboxylic acids is 1. The van der Waals surface area contributed by atoms with Crippen LogP contribution in [-0.4, -0.2) is 26.1 Å². The monoisotopic (exact) mass is 357 g/mol. The molecule has 2 N–H and O–H groups in total. The first-order chi connectivity index (χ1) is 11.5. The van der Waals surface area contributed by atoms with Crippen LogP contribution in [-0.2, 0) is 4.79 Å². The van der Waals surface area contributed by atoms with Crippen LogP contribution in [0.15, 0.2) is 41.7 Å². The van der Waals surface area contributed by atoms with E-state index in [1.807, 2.05) is 6.07 Å². The highest BCUT2D eigenvalue weighted by atomic mass is 35.5. The number of anilines is 1. The summed E-state index contributed by atoms with van der Waals surface area (Å²) in [6.07, 6.45) is 1.53. The Bertz CT molecular complexity index is 949. The number of benzene rings is 1. The van der Waals surface area contributed by atoms with Crippen molar-refractivity contribution in [3.05, 3.63) is 47.1 Å². The van der Waals surface area contributed by atoms with Gasteiger partial charge in [0.05, 0.1) is 27.4 Å². The second-order valence-corrected chi connectivity index (χ2v) is 6.77. The average molecular weight is 358 g/mol. The number of hydrogen-bond acceptors (Lipinski definition) is 5. The quantitative estimate of drug-likeness (QED) is 0.695. The number of hydrogen-bond donors (Lipinski definition) is 2. The minimum Gasteiger partial charge on any atom is -0.331 e. The summed E-state index contributed by atoms with van der Waals surface area (Å²) >= 11 is 7.18. The van der Waals surface area contributed by atoms with Crippen LogP contribution < -0.4 is 5.32 Å². The molecule has 1 unspecified atom stereocenters. The van der Waals surface area contributed by atoms with E-state index in [2.05, 4.69) is 20.3 Å². The molecule has 0 saturated carbocycles. The van der Waals surface area contributed by atoms with Gasteiger partial charge in [0.25, 0.3) is 0 Å². The second kappa shape index (κ2) is 6.91. The Morgan fingerprint density at radius 3 is 3.08 bits per heavy atom. The summed E-state index contributed by atoms with van der Waals surface area (Å²) in [6.45, 7) is 1.78. The molecule has 0 radical (unpaired) electrons. The minimum absolute atomic E-state index is 0.179. The molecule has 0 aliphatic rings. The van der Waals surface area contributed by atoms with Crippen LogP contribution in [0.25, 0.3) is 11.2 Å². The topological polar surface area (TPSA) is 94.5 Å². The Kier molecular flexibility index (Phi) is 4.69. The zero-order valence-electron chi connectivity index (χ0n) is 12.6. The van der Waals surface area contributed by atoms with Gasteiger partial charge in [-0.2, -0.15) is 5.26 Å². The number of aromatic amines is 1. The van der Waals surface area contributed by atoms with Crippen LogP contribution in [0.1, 0.15) is 12.5 Å². The average Bonchev–Trinajstić information content (AvgIpc) is 2.96. The van der Waals surface area contributed by atoms with Gasteiger partial charge in [-0.1, -0.05) is 29.4 Å². The predicted molar refractivity (Wildman–Crippen MR) is 94.0 cm³/mol. The van der Waals surface area contributed by atoms with Gasteiger partial charge in [-0.05, 0) is 31.2 Å². The molecule has 0 aliphatic heterocycles. The Labute approximate surface area is 147 Å². The molecule has 1 atom stereocenters. The fourth-order valence-electron chi connectivity index (χ4n) is 2.04. The molecule has 0 fully saturated rings. The number of imidazole rings is 1. The van der Waals surface area contributed by atoms with E-state index in [0.717, 1.165) is 5.52 Å². The maximum atomic E-state index is 12.3. The Hall–Kier alpha value is -2.56. The highest BCUT2D eigenvalue weighted by Crippen LogP contribution is 2.24. The Morgan fingerprint density at radius 1 is 1.46 bits per heavy atom. The summed E-state index contributed by atoms with van der Waals surface area (Å²) in [5.41, 5.74) is 2.36. The van der Waals surface area contributed by atoms with Gasteiger partial charge in [0.1, 0.15) is 0 Å². The summed E-state index contributed by atoms with van der Waals surface area (Å²) in [7, 11) is 0. The van der Waals surface area contributed by atoms with Crippen molar-refractivity contribution in [2.75, 3.05) is 5.32 Å². The van der Waals surface area contributed by atoms with Gasteiger partial charge in [0.15, 0.2) is 10.8 Å². The molecule has 2 aromatic heterocycles. The third-order valence-electron chi connectivity index (χ3n) is 3.20. The highest BCUT2D eigenvalue weighted by Gasteiger charge is 2.17. The first-order valence-electron chi connectivity index (χ1n) is 7.04. The van der Waals surface area contributed by atoms with Gasteiger partial charge < -0.3 is 10.3 Å². The number of fused-ring (bicyclic) bond motifs is 1. The van der Waals surface area contributed by atoms with E-state index >= 15 is 0 Å². The van der Waals surface area contributed by atoms with Crippen molar-refractivity contribution in [1.29, 1.82) is 5.26 Å². The zero-order chi connectivity index (χ0) is 17.1. The van der Waals surface area contributed by atoms with Crippen LogP contribution in [0, 0.1) is 11.3 Å². The maximum Gasteiger partial charge on any atom is 0.237 e. The van der Waals surface area contributed by atoms with Gasteiger partial charge in [0, 0.05) is 11.9 Å². The van der Waals surface area contributed by atoms with E-state index in [0.29, 0.717) is 27.1 Å². The Balaban J connectivity index is 1.69. The fraction of sp³-hybridized carbons (Fsp3) is 0.125. The summed E-state index contributed by atoms with van der Waals surface area (Å²) in [5.74, 6) is -0.179. The standard InChI is InChI=1S/C16H12ClN5OS/c1-9(15(23)20-12-4-2-3-10(5-12)7-18)24-16-21-13-6-11(17)8-19-14(13)22-16/h2-6,8-9H,1H3,(H,20,23)(H,19,21,22). The SMILES string of the molecule is CC(Sc1nc2ncc(Cl)cc2[nH]1)C(=O)Nc1cccc(C#N)c1. The molecule has 1 amide bonds. The molecule has 2 heterocycles. The van der Waals surface area contributed by atoms with E-state index in [4.69, 9.17) is 16.9 Å². The van der Waals surface area contributed by atoms with Crippen molar-refractivity contribution < 1.29 is 4.79 Å². The van der Waals surface area contributed by atoms with E-state index < -0.39 is 0 Å². The van der Waals surface area contributed by atoms with Crippen molar-refractivity contribution in [3.63, 3.8) is 0 Å². The molecular formula is C16H12ClN5OS. The number of nitrogens with zero attached hydrogens (tertiary/aromatic N) is 3. The van der Waals surface area contributed by atoms with Crippen LogP contribution in [0.5, 0.6) is 0 Å². The summed E-state index contributed by atoms with van der Waals surface area (Å²) in [5, 5.41) is 12.4. The molecule has 120 valence electrons. The van der Waals surface area contributed by atoms with E-state index in [1.165, 1.54) is 18.0 Å². The van der Waals surface area contributed by atoms with E-state index in [1.54, 1.807) is 37.3 Å². The molecule has 24 heavy (non-hydrogen) atoms. The Morgan fingerprint density at radius 2 is 2.29 bits per heavy atom. The van der Waals surface area contributed by atoms with E-state index in [-0.39, 0.29) is 11.2 Å². The fourth-order valence-corrected chi connectivity index (χ4v) is 3.01. The lowest BCUT2D eigenvalue weighted by Gasteiger charge is -2.10. The number of thioether (sulfide) groups is 1. The molecular weight excluding hydrogens is 346 g/mol. The van der Waals surface area contributed by atoms with Crippen LogP contribution in [0.3, 0.4) is 0 Å². The smallest absolute Gasteiger partial charge is 0.237 e. The number of rotatable bonds is 4. The number of H-pyrrole nitrogens is 1. The number of aromatic nitrogens is 3. The molecule has 0 bridgehead atoms. The molecule has 0 saturated heterocycles. The van der Waals surface area contributed by atoms with Gasteiger partial charge in [-0.25, -0.2) is 9.97 Å². The number of halogens is 1. The number of nitrogens with one attached hydrogen (secondary N) is 2. The summed E-state index contributed by atoms with van der Waals surface area (Å²) in [6, 6.07) is 10.5. The maximum absolute atomic E-state index is 12.3. The molecule has 3 rings (SSSR count). The molecule has 0 aliphatic carbocycles. The zero-order valence-corrected chi connectivity index (χ0v) is 14.1. The van der Waals surface area contributed by atoms with Gasteiger partial charge in [0.2, 0.25) is 5.91 Å². The third-order valence-corrected chi connectivity index (χ3v) is 4.39. The van der Waals surface area contributed by atoms with Crippen molar-refractivity contribution >= 4 is 46.1 Å².